The molecule has 2 N–H and O–H groups in total. The molecule has 0 aliphatic rings. The molecule has 66 valence electrons. The van der Waals surface area contributed by atoms with Crippen molar-refractivity contribution in [3.05, 3.63) is 21.6 Å². The summed E-state index contributed by atoms with van der Waals surface area (Å²) in [7, 11) is 1.56. The van der Waals surface area contributed by atoms with Crippen molar-refractivity contribution < 1.29 is 9.90 Å². The van der Waals surface area contributed by atoms with E-state index in [0.717, 1.165) is 0 Å². The Morgan fingerprint density at radius 1 is 1.67 bits per heavy atom. The molecule has 1 aromatic heterocycles. The molecule has 12 heavy (non-hydrogen) atoms. The summed E-state index contributed by atoms with van der Waals surface area (Å²) in [5.74, 6) is -0.991. The molecule has 0 bridgehead atoms. The number of carbonyl (C=O) groups is 1. The molecule has 0 spiro atoms. The van der Waals surface area contributed by atoms with Gasteiger partial charge in [0.2, 0.25) is 0 Å². The van der Waals surface area contributed by atoms with Crippen molar-refractivity contribution in [3.8, 4) is 0 Å². The van der Waals surface area contributed by atoms with Crippen molar-refractivity contribution >= 4 is 5.97 Å². The number of aromatic amines is 1. The Bertz CT molecular complexity index is 361. The van der Waals surface area contributed by atoms with E-state index >= 15 is 0 Å². The van der Waals surface area contributed by atoms with Gasteiger partial charge in [-0.25, -0.2) is 0 Å². The zero-order chi connectivity index (χ0) is 9.30. The Hall–Kier alpha value is -1.52. The lowest BCUT2D eigenvalue weighted by Crippen LogP contribution is -2.17. The van der Waals surface area contributed by atoms with Crippen LogP contribution in [0.3, 0.4) is 0 Å². The van der Waals surface area contributed by atoms with E-state index in [1.54, 1.807) is 14.0 Å². The number of hydrogen-bond acceptors (Lipinski definition) is 2. The summed E-state index contributed by atoms with van der Waals surface area (Å²) < 4.78 is 1.27. The Morgan fingerprint density at radius 3 is 2.58 bits per heavy atom. The molecule has 5 heteroatoms. The normalized spacial score (nSPS) is 10.2. The topological polar surface area (TPSA) is 75.1 Å². The van der Waals surface area contributed by atoms with Crippen LogP contribution in [0.1, 0.15) is 11.3 Å². The molecule has 0 saturated carbocycles. The molecule has 1 aromatic rings. The second kappa shape index (κ2) is 2.84. The maximum Gasteiger partial charge on any atom is 0.308 e. The number of H-pyrrole nitrogens is 1. The number of nitrogens with one attached hydrogen (secondary N) is 1. The first-order valence-electron chi connectivity index (χ1n) is 3.48. The predicted octanol–water partition coefficient (Wildman–Crippen LogP) is -0.351. The van der Waals surface area contributed by atoms with Gasteiger partial charge in [0.1, 0.15) is 0 Å². The van der Waals surface area contributed by atoms with E-state index in [2.05, 4.69) is 5.10 Å². The highest BCUT2D eigenvalue weighted by atomic mass is 16.4. The van der Waals surface area contributed by atoms with E-state index in [4.69, 9.17) is 5.11 Å². The second-order valence-electron chi connectivity index (χ2n) is 2.65. The number of rotatable bonds is 2. The van der Waals surface area contributed by atoms with Crippen LogP contribution >= 0.6 is 0 Å². The first-order valence-corrected chi connectivity index (χ1v) is 3.48. The fourth-order valence-electron chi connectivity index (χ4n) is 1.09. The van der Waals surface area contributed by atoms with Gasteiger partial charge in [-0.15, -0.1) is 0 Å². The van der Waals surface area contributed by atoms with E-state index in [9.17, 15) is 9.59 Å². The number of aliphatic carboxylic acids is 1. The molecular weight excluding hydrogens is 160 g/mol. The van der Waals surface area contributed by atoms with Gasteiger partial charge in [0, 0.05) is 12.7 Å². The Balaban J connectivity index is 3.14. The standard InChI is InChI=1S/C7H10N2O3/c1-4-5(3-6(10)11)7(12)9(2)8-4/h8H,3H2,1-2H3,(H,10,11). The molecule has 0 aliphatic heterocycles. The number of hydrogen-bond donors (Lipinski definition) is 2. The third-order valence-corrected chi connectivity index (χ3v) is 1.68. The average molecular weight is 170 g/mol. The fraction of sp³-hybridized carbons (Fsp3) is 0.429. The van der Waals surface area contributed by atoms with Gasteiger partial charge in [-0.2, -0.15) is 0 Å². The van der Waals surface area contributed by atoms with Gasteiger partial charge in [-0.3, -0.25) is 19.4 Å². The maximum atomic E-state index is 11.2. The SMILES string of the molecule is Cc1[nH]n(C)c(=O)c1CC(=O)O. The Kier molecular flexibility index (Phi) is 2.03. The minimum atomic E-state index is -0.991. The third kappa shape index (κ3) is 1.39. The molecular formula is C7H10N2O3. The van der Waals surface area contributed by atoms with Gasteiger partial charge < -0.3 is 5.11 Å². The lowest BCUT2D eigenvalue weighted by atomic mass is 10.2. The van der Waals surface area contributed by atoms with Crippen LogP contribution in [0.2, 0.25) is 0 Å². The number of aryl methyl sites for hydroxylation is 2. The highest BCUT2D eigenvalue weighted by Gasteiger charge is 2.11. The molecule has 0 fully saturated rings. The molecule has 0 atom stereocenters. The molecule has 0 amide bonds. The number of carboxylic acid groups (broad SMARTS) is 1. The summed E-state index contributed by atoms with van der Waals surface area (Å²) in [6.45, 7) is 1.68. The number of carboxylic acids is 1. The summed E-state index contributed by atoms with van der Waals surface area (Å²) in [6.07, 6.45) is -0.220. The molecule has 0 radical (unpaired) electrons. The fourth-order valence-corrected chi connectivity index (χ4v) is 1.09. The quantitative estimate of drug-likeness (QED) is 0.637. The van der Waals surface area contributed by atoms with Crippen molar-refractivity contribution in [2.24, 2.45) is 7.05 Å². The van der Waals surface area contributed by atoms with Gasteiger partial charge in [-0.1, -0.05) is 0 Å². The van der Waals surface area contributed by atoms with Gasteiger partial charge >= 0.3 is 5.97 Å². The minimum absolute atomic E-state index is 0.220. The molecule has 1 heterocycles. The summed E-state index contributed by atoms with van der Waals surface area (Å²) in [5.41, 5.74) is 0.671. The van der Waals surface area contributed by atoms with Crippen LogP contribution in [0.5, 0.6) is 0 Å². The Labute approximate surface area is 68.6 Å². The molecule has 0 unspecified atom stereocenters. The van der Waals surface area contributed by atoms with E-state index in [1.165, 1.54) is 4.68 Å². The van der Waals surface area contributed by atoms with E-state index in [0.29, 0.717) is 11.3 Å². The van der Waals surface area contributed by atoms with Crippen LogP contribution in [-0.4, -0.2) is 20.9 Å². The zero-order valence-corrected chi connectivity index (χ0v) is 6.92. The predicted molar refractivity (Wildman–Crippen MR) is 42.1 cm³/mol. The van der Waals surface area contributed by atoms with E-state index < -0.39 is 5.97 Å². The largest absolute Gasteiger partial charge is 0.481 e. The summed E-state index contributed by atoms with van der Waals surface area (Å²) in [4.78, 5) is 21.5. The second-order valence-corrected chi connectivity index (χ2v) is 2.65. The molecule has 1 rings (SSSR count). The van der Waals surface area contributed by atoms with Crippen molar-refractivity contribution in [3.63, 3.8) is 0 Å². The smallest absolute Gasteiger partial charge is 0.308 e. The Morgan fingerprint density at radius 2 is 2.25 bits per heavy atom. The molecule has 0 saturated heterocycles. The van der Waals surface area contributed by atoms with Crippen molar-refractivity contribution in [1.29, 1.82) is 0 Å². The minimum Gasteiger partial charge on any atom is -0.481 e. The highest BCUT2D eigenvalue weighted by Crippen LogP contribution is 1.98. The number of nitrogens with zero attached hydrogens (tertiary/aromatic N) is 1. The van der Waals surface area contributed by atoms with E-state index in [-0.39, 0.29) is 12.0 Å². The van der Waals surface area contributed by atoms with Crippen molar-refractivity contribution in [2.75, 3.05) is 0 Å². The third-order valence-electron chi connectivity index (χ3n) is 1.68. The van der Waals surface area contributed by atoms with Crippen LogP contribution in [0.15, 0.2) is 4.79 Å². The van der Waals surface area contributed by atoms with Gasteiger partial charge in [0.15, 0.2) is 0 Å². The first kappa shape index (κ1) is 8.58. The molecule has 0 aromatic carbocycles. The van der Waals surface area contributed by atoms with Crippen LogP contribution < -0.4 is 5.56 Å². The van der Waals surface area contributed by atoms with Crippen molar-refractivity contribution in [1.82, 2.24) is 9.78 Å². The van der Waals surface area contributed by atoms with Crippen LogP contribution in [0.25, 0.3) is 0 Å². The molecule has 5 nitrogen and oxygen atoms in total. The highest BCUT2D eigenvalue weighted by molar-refractivity contribution is 5.70. The lowest BCUT2D eigenvalue weighted by molar-refractivity contribution is -0.136. The van der Waals surface area contributed by atoms with Crippen LogP contribution in [0, 0.1) is 6.92 Å². The first-order chi connectivity index (χ1) is 5.52. The summed E-state index contributed by atoms with van der Waals surface area (Å²) in [6, 6.07) is 0. The number of aromatic nitrogens is 2. The van der Waals surface area contributed by atoms with Crippen LogP contribution in [-0.2, 0) is 18.3 Å². The van der Waals surface area contributed by atoms with Gasteiger partial charge in [0.05, 0.1) is 12.0 Å². The molecule has 0 aliphatic carbocycles. The van der Waals surface area contributed by atoms with Crippen molar-refractivity contribution in [2.45, 2.75) is 13.3 Å². The van der Waals surface area contributed by atoms with E-state index in [1.807, 2.05) is 0 Å². The lowest BCUT2D eigenvalue weighted by Gasteiger charge is -1.89. The van der Waals surface area contributed by atoms with Crippen LogP contribution in [0.4, 0.5) is 0 Å². The summed E-state index contributed by atoms with van der Waals surface area (Å²) in [5, 5.41) is 11.2. The van der Waals surface area contributed by atoms with Gasteiger partial charge in [0.25, 0.3) is 5.56 Å². The van der Waals surface area contributed by atoms with Gasteiger partial charge in [-0.05, 0) is 6.92 Å². The zero-order valence-electron chi connectivity index (χ0n) is 6.92. The maximum absolute atomic E-state index is 11.2. The monoisotopic (exact) mass is 170 g/mol. The summed E-state index contributed by atoms with van der Waals surface area (Å²) >= 11 is 0. The average Bonchev–Trinajstić information content (AvgIpc) is 2.16.